The van der Waals surface area contributed by atoms with Crippen LogP contribution in [0.2, 0.25) is 10.0 Å². The Labute approximate surface area is 130 Å². The van der Waals surface area contributed by atoms with Crippen molar-refractivity contribution in [3.63, 3.8) is 0 Å². The number of hydrogen-bond donors (Lipinski definition) is 1. The fourth-order valence-electron chi connectivity index (χ4n) is 1.36. The molecule has 1 heterocycles. The summed E-state index contributed by atoms with van der Waals surface area (Å²) in [5.41, 5.74) is 0. The summed E-state index contributed by atoms with van der Waals surface area (Å²) in [5, 5.41) is 13.4. The molecule has 0 bridgehead atoms. The zero-order valence-electron chi connectivity index (χ0n) is 10.7. The Kier molecular flexibility index (Phi) is 6.00. The van der Waals surface area contributed by atoms with Crippen molar-refractivity contribution >= 4 is 34.5 Å². The molecule has 108 valence electrons. The van der Waals surface area contributed by atoms with E-state index in [-0.39, 0.29) is 0 Å². The second-order valence-electron chi connectivity index (χ2n) is 3.81. The number of nitrogens with zero attached hydrogens (tertiary/aromatic N) is 2. The summed E-state index contributed by atoms with van der Waals surface area (Å²) in [6.45, 7) is 2.05. The Morgan fingerprint density at radius 3 is 2.85 bits per heavy atom. The van der Waals surface area contributed by atoms with Gasteiger partial charge in [-0.2, -0.15) is 0 Å². The largest absolute Gasteiger partial charge is 0.430 e. The number of halogens is 2. The SMILES string of the molecule is COCCNCc1nnc(Oc2ccc(Cl)c(Cl)c2)s1. The third-order valence-electron chi connectivity index (χ3n) is 2.30. The predicted octanol–water partition coefficient (Wildman–Crippen LogP) is 3.37. The lowest BCUT2D eigenvalue weighted by Gasteiger charge is -2.02. The van der Waals surface area contributed by atoms with Gasteiger partial charge in [-0.15, -0.1) is 5.10 Å². The molecule has 20 heavy (non-hydrogen) atoms. The molecular weight excluding hydrogens is 321 g/mol. The summed E-state index contributed by atoms with van der Waals surface area (Å²) < 4.78 is 10.5. The van der Waals surface area contributed by atoms with E-state index in [4.69, 9.17) is 32.7 Å². The van der Waals surface area contributed by atoms with E-state index in [1.54, 1.807) is 25.3 Å². The van der Waals surface area contributed by atoms with E-state index in [1.807, 2.05) is 0 Å². The number of ether oxygens (including phenoxy) is 2. The molecule has 0 aliphatic heterocycles. The molecule has 5 nitrogen and oxygen atoms in total. The van der Waals surface area contributed by atoms with Crippen molar-refractivity contribution in [1.82, 2.24) is 15.5 Å². The maximum atomic E-state index is 5.92. The number of nitrogens with one attached hydrogen (secondary N) is 1. The van der Waals surface area contributed by atoms with Gasteiger partial charge in [-0.1, -0.05) is 39.6 Å². The highest BCUT2D eigenvalue weighted by atomic mass is 35.5. The van der Waals surface area contributed by atoms with Crippen LogP contribution < -0.4 is 10.1 Å². The first kappa shape index (κ1) is 15.5. The molecule has 0 aliphatic carbocycles. The van der Waals surface area contributed by atoms with Crippen LogP contribution in [-0.2, 0) is 11.3 Å². The second-order valence-corrected chi connectivity index (χ2v) is 5.65. The summed E-state index contributed by atoms with van der Waals surface area (Å²) in [6, 6.07) is 5.04. The average Bonchev–Trinajstić information content (AvgIpc) is 2.87. The summed E-state index contributed by atoms with van der Waals surface area (Å²) in [4.78, 5) is 0. The lowest BCUT2D eigenvalue weighted by Crippen LogP contribution is -2.18. The third-order valence-corrected chi connectivity index (χ3v) is 3.84. The Morgan fingerprint density at radius 1 is 1.25 bits per heavy atom. The lowest BCUT2D eigenvalue weighted by atomic mass is 10.3. The predicted molar refractivity (Wildman–Crippen MR) is 80.0 cm³/mol. The first-order valence-electron chi connectivity index (χ1n) is 5.84. The van der Waals surface area contributed by atoms with Gasteiger partial charge in [-0.05, 0) is 12.1 Å². The summed E-state index contributed by atoms with van der Waals surface area (Å²) in [7, 11) is 1.66. The van der Waals surface area contributed by atoms with Crippen LogP contribution in [-0.4, -0.2) is 30.5 Å². The van der Waals surface area contributed by atoms with Crippen LogP contribution in [0.5, 0.6) is 10.9 Å². The molecule has 1 aromatic heterocycles. The van der Waals surface area contributed by atoms with Gasteiger partial charge in [0.1, 0.15) is 10.8 Å². The van der Waals surface area contributed by atoms with Gasteiger partial charge in [0, 0.05) is 26.3 Å². The molecule has 0 spiro atoms. The second kappa shape index (κ2) is 7.75. The van der Waals surface area contributed by atoms with Crippen LogP contribution in [0.15, 0.2) is 18.2 Å². The van der Waals surface area contributed by atoms with Crippen molar-refractivity contribution in [3.05, 3.63) is 33.3 Å². The van der Waals surface area contributed by atoms with E-state index in [9.17, 15) is 0 Å². The van der Waals surface area contributed by atoms with Crippen LogP contribution in [0.4, 0.5) is 0 Å². The van der Waals surface area contributed by atoms with Crippen molar-refractivity contribution in [2.24, 2.45) is 0 Å². The monoisotopic (exact) mass is 333 g/mol. The van der Waals surface area contributed by atoms with Crippen LogP contribution in [0, 0.1) is 0 Å². The standard InChI is InChI=1S/C12H13Cl2N3O2S/c1-18-5-4-15-7-11-16-17-12(20-11)19-8-2-3-9(13)10(14)6-8/h2-3,6,15H,4-5,7H2,1H3. The van der Waals surface area contributed by atoms with E-state index >= 15 is 0 Å². The first-order chi connectivity index (χ1) is 9.69. The first-order valence-corrected chi connectivity index (χ1v) is 7.41. The highest BCUT2D eigenvalue weighted by molar-refractivity contribution is 7.13. The van der Waals surface area contributed by atoms with E-state index in [1.165, 1.54) is 11.3 Å². The summed E-state index contributed by atoms with van der Waals surface area (Å²) in [6.07, 6.45) is 0. The minimum atomic E-state index is 0.440. The van der Waals surface area contributed by atoms with E-state index in [0.29, 0.717) is 34.1 Å². The van der Waals surface area contributed by atoms with E-state index < -0.39 is 0 Å². The van der Waals surface area contributed by atoms with Gasteiger partial charge in [0.05, 0.1) is 16.7 Å². The quantitative estimate of drug-likeness (QED) is 0.787. The molecule has 1 aromatic carbocycles. The van der Waals surface area contributed by atoms with Gasteiger partial charge in [0.15, 0.2) is 0 Å². The molecule has 0 amide bonds. The minimum absolute atomic E-state index is 0.440. The van der Waals surface area contributed by atoms with Crippen LogP contribution in [0.25, 0.3) is 0 Å². The van der Waals surface area contributed by atoms with Crippen LogP contribution >= 0.6 is 34.5 Å². The smallest absolute Gasteiger partial charge is 0.299 e. The van der Waals surface area contributed by atoms with Gasteiger partial charge in [-0.3, -0.25) is 0 Å². The van der Waals surface area contributed by atoms with Crippen molar-refractivity contribution < 1.29 is 9.47 Å². The molecule has 0 aliphatic rings. The third kappa shape index (κ3) is 4.57. The summed E-state index contributed by atoms with van der Waals surface area (Å²) >= 11 is 13.1. The van der Waals surface area contributed by atoms with Gasteiger partial charge in [0.25, 0.3) is 5.19 Å². The molecule has 2 rings (SSSR count). The van der Waals surface area contributed by atoms with E-state index in [2.05, 4.69) is 15.5 Å². The summed E-state index contributed by atoms with van der Waals surface area (Å²) in [5.74, 6) is 0.578. The lowest BCUT2D eigenvalue weighted by molar-refractivity contribution is 0.199. The maximum absolute atomic E-state index is 5.92. The molecular formula is C12H13Cl2N3O2S. The zero-order valence-corrected chi connectivity index (χ0v) is 13.1. The molecule has 0 unspecified atom stereocenters. The van der Waals surface area contributed by atoms with E-state index in [0.717, 1.165) is 11.6 Å². The topological polar surface area (TPSA) is 56.3 Å². The Hall–Kier alpha value is -0.920. The molecule has 0 saturated carbocycles. The highest BCUT2D eigenvalue weighted by Gasteiger charge is 2.07. The van der Waals surface area contributed by atoms with Gasteiger partial charge >= 0.3 is 0 Å². The zero-order chi connectivity index (χ0) is 14.4. The molecule has 0 atom stereocenters. The minimum Gasteiger partial charge on any atom is -0.430 e. The van der Waals surface area contributed by atoms with Crippen molar-refractivity contribution in [1.29, 1.82) is 0 Å². The fourth-order valence-corrected chi connectivity index (χ4v) is 2.33. The number of aromatic nitrogens is 2. The maximum Gasteiger partial charge on any atom is 0.299 e. The number of methoxy groups -OCH3 is 1. The van der Waals surface area contributed by atoms with Crippen LogP contribution in [0.3, 0.4) is 0 Å². The van der Waals surface area contributed by atoms with Crippen LogP contribution in [0.1, 0.15) is 5.01 Å². The van der Waals surface area contributed by atoms with Crippen molar-refractivity contribution in [2.75, 3.05) is 20.3 Å². The average molecular weight is 334 g/mol. The number of rotatable bonds is 7. The molecule has 8 heteroatoms. The van der Waals surface area contributed by atoms with Crippen molar-refractivity contribution in [3.8, 4) is 10.9 Å². The molecule has 1 N–H and O–H groups in total. The normalized spacial score (nSPS) is 10.8. The molecule has 0 radical (unpaired) electrons. The molecule has 2 aromatic rings. The number of hydrogen-bond acceptors (Lipinski definition) is 6. The highest BCUT2D eigenvalue weighted by Crippen LogP contribution is 2.30. The van der Waals surface area contributed by atoms with Gasteiger partial charge in [-0.25, -0.2) is 0 Å². The number of benzene rings is 1. The Morgan fingerprint density at radius 2 is 2.10 bits per heavy atom. The van der Waals surface area contributed by atoms with Gasteiger partial charge < -0.3 is 14.8 Å². The Bertz CT molecular complexity index is 565. The van der Waals surface area contributed by atoms with Crippen molar-refractivity contribution in [2.45, 2.75) is 6.54 Å². The Balaban J connectivity index is 1.90. The molecule has 0 saturated heterocycles. The van der Waals surface area contributed by atoms with Gasteiger partial charge in [0.2, 0.25) is 0 Å². The fraction of sp³-hybridized carbons (Fsp3) is 0.333. The molecule has 0 fully saturated rings.